The molecule has 0 fully saturated rings. The maximum atomic E-state index is 11.8. The van der Waals surface area contributed by atoms with Crippen molar-refractivity contribution in [3.05, 3.63) is 49.1 Å². The van der Waals surface area contributed by atoms with Gasteiger partial charge in [-0.15, -0.1) is 11.3 Å². The Kier molecular flexibility index (Phi) is 5.29. The highest BCUT2D eigenvalue weighted by atomic mass is 79.9. The van der Waals surface area contributed by atoms with Gasteiger partial charge < -0.3 is 9.47 Å². The Hall–Kier alpha value is -2.46. The third kappa shape index (κ3) is 4.27. The molecule has 0 aliphatic carbocycles. The molecule has 0 radical (unpaired) electrons. The van der Waals surface area contributed by atoms with E-state index in [0.29, 0.717) is 3.79 Å². The van der Waals surface area contributed by atoms with Gasteiger partial charge in [0, 0.05) is 12.1 Å². The predicted molar refractivity (Wildman–Crippen MR) is 86.1 cm³/mol. The Morgan fingerprint density at radius 3 is 2.52 bits per heavy atom. The molecule has 1 amide bonds. The van der Waals surface area contributed by atoms with Crippen molar-refractivity contribution in [3.8, 4) is 5.75 Å². The van der Waals surface area contributed by atoms with Crippen molar-refractivity contribution in [2.75, 3.05) is 12.4 Å². The molecule has 1 aromatic carbocycles. The number of rotatable bonds is 4. The molecule has 0 spiro atoms. The molecule has 1 aromatic heterocycles. The van der Waals surface area contributed by atoms with Gasteiger partial charge in [0.2, 0.25) is 0 Å². The molecular formula is C13H9BrN2O6S. The van der Waals surface area contributed by atoms with Gasteiger partial charge in [-0.2, -0.15) is 0 Å². The molecule has 0 atom stereocenters. The third-order valence-corrected chi connectivity index (χ3v) is 4.19. The number of nitrogens with zero attached hydrogens (tertiary/aromatic N) is 1. The summed E-state index contributed by atoms with van der Waals surface area (Å²) in [4.78, 5) is 33.6. The van der Waals surface area contributed by atoms with Gasteiger partial charge in [0.15, 0.2) is 0 Å². The van der Waals surface area contributed by atoms with Crippen molar-refractivity contribution >= 4 is 50.7 Å². The fourth-order valence-electron chi connectivity index (χ4n) is 1.58. The van der Waals surface area contributed by atoms with Crippen LogP contribution in [-0.4, -0.2) is 24.1 Å². The number of amides is 1. The van der Waals surface area contributed by atoms with Crippen molar-refractivity contribution in [1.82, 2.24) is 0 Å². The summed E-state index contributed by atoms with van der Waals surface area (Å²) in [5.41, 5.74) is 0.119. The number of non-ortho nitro benzene ring substituents is 1. The van der Waals surface area contributed by atoms with E-state index < -0.39 is 17.0 Å². The number of nitro benzene ring substituents is 1. The second-order valence-corrected chi connectivity index (χ2v) is 6.48. The van der Waals surface area contributed by atoms with Gasteiger partial charge in [-0.3, -0.25) is 15.4 Å². The number of carbonyl (C=O) groups excluding carboxylic acids is 2. The van der Waals surface area contributed by atoms with Crippen molar-refractivity contribution in [2.45, 2.75) is 0 Å². The first-order chi connectivity index (χ1) is 10.9. The lowest BCUT2D eigenvalue weighted by Crippen LogP contribution is -2.18. The highest BCUT2D eigenvalue weighted by Gasteiger charge is 2.19. The summed E-state index contributed by atoms with van der Waals surface area (Å²) in [6.45, 7) is 0. The van der Waals surface area contributed by atoms with Crippen molar-refractivity contribution < 1.29 is 24.0 Å². The van der Waals surface area contributed by atoms with Gasteiger partial charge >= 0.3 is 12.1 Å². The molecule has 0 unspecified atom stereocenters. The van der Waals surface area contributed by atoms with Crippen molar-refractivity contribution in [2.24, 2.45) is 0 Å². The molecule has 0 saturated heterocycles. The van der Waals surface area contributed by atoms with Crippen molar-refractivity contribution in [3.63, 3.8) is 0 Å². The number of nitro groups is 1. The average molecular weight is 401 g/mol. The van der Waals surface area contributed by atoms with Crippen LogP contribution in [0.5, 0.6) is 5.75 Å². The van der Waals surface area contributed by atoms with E-state index >= 15 is 0 Å². The maximum Gasteiger partial charge on any atom is 0.417 e. The first kappa shape index (κ1) is 16.9. The van der Waals surface area contributed by atoms with Gasteiger partial charge in [0.05, 0.1) is 21.5 Å². The van der Waals surface area contributed by atoms with E-state index in [1.54, 1.807) is 0 Å². The van der Waals surface area contributed by atoms with E-state index in [4.69, 9.17) is 4.74 Å². The molecular weight excluding hydrogens is 392 g/mol. The fraction of sp³-hybridized carbons (Fsp3) is 0.0769. The first-order valence-corrected chi connectivity index (χ1v) is 7.62. The van der Waals surface area contributed by atoms with Gasteiger partial charge in [-0.25, -0.2) is 9.59 Å². The molecule has 2 rings (SSSR count). The molecule has 1 heterocycles. The van der Waals surface area contributed by atoms with Crippen LogP contribution in [0.3, 0.4) is 0 Å². The number of carbonyl (C=O) groups is 2. The largest absolute Gasteiger partial charge is 0.465 e. The standard InChI is InChI=1S/C13H9BrN2O6S/c1-21-12(17)11-9(6-10(14)23-11)15-13(18)22-8-4-2-7(3-5-8)16(19)20/h2-6H,1H3,(H,15,18). The Labute approximate surface area is 142 Å². The Balaban J connectivity index is 2.08. The van der Waals surface area contributed by atoms with Crippen LogP contribution < -0.4 is 10.1 Å². The normalized spacial score (nSPS) is 10.0. The van der Waals surface area contributed by atoms with Crippen molar-refractivity contribution in [1.29, 1.82) is 0 Å². The van der Waals surface area contributed by atoms with Gasteiger partial charge in [-0.1, -0.05) is 0 Å². The zero-order valence-electron chi connectivity index (χ0n) is 11.6. The van der Waals surface area contributed by atoms with Gasteiger partial charge in [-0.05, 0) is 34.1 Å². The zero-order valence-corrected chi connectivity index (χ0v) is 14.0. The summed E-state index contributed by atoms with van der Waals surface area (Å²) in [5, 5.41) is 13.0. The minimum Gasteiger partial charge on any atom is -0.465 e. The monoisotopic (exact) mass is 400 g/mol. The number of benzene rings is 1. The summed E-state index contributed by atoms with van der Waals surface area (Å²) < 4.78 is 10.2. The fourth-order valence-corrected chi connectivity index (χ4v) is 3.05. The summed E-state index contributed by atoms with van der Waals surface area (Å²) in [6, 6.07) is 6.55. The molecule has 8 nitrogen and oxygen atoms in total. The summed E-state index contributed by atoms with van der Waals surface area (Å²) in [6.07, 6.45) is -0.839. The van der Waals surface area contributed by atoms with Crippen LogP contribution in [0.25, 0.3) is 0 Å². The molecule has 0 aliphatic rings. The topological polar surface area (TPSA) is 108 Å². The number of hydrogen-bond donors (Lipinski definition) is 1. The van der Waals surface area contributed by atoms with Crippen LogP contribution in [0.15, 0.2) is 34.1 Å². The molecule has 0 saturated carbocycles. The second-order valence-electron chi connectivity index (χ2n) is 4.05. The highest BCUT2D eigenvalue weighted by Crippen LogP contribution is 2.32. The first-order valence-electron chi connectivity index (χ1n) is 6.01. The molecule has 120 valence electrons. The number of ether oxygens (including phenoxy) is 2. The van der Waals surface area contributed by atoms with Crippen LogP contribution in [0.2, 0.25) is 0 Å². The summed E-state index contributed by atoms with van der Waals surface area (Å²) >= 11 is 4.31. The van der Waals surface area contributed by atoms with Crippen LogP contribution in [0, 0.1) is 10.1 Å². The average Bonchev–Trinajstić information content (AvgIpc) is 2.87. The number of halogens is 1. The van der Waals surface area contributed by atoms with Crippen LogP contribution in [-0.2, 0) is 4.74 Å². The maximum absolute atomic E-state index is 11.8. The highest BCUT2D eigenvalue weighted by molar-refractivity contribution is 9.11. The number of hydrogen-bond acceptors (Lipinski definition) is 7. The number of anilines is 1. The quantitative estimate of drug-likeness (QED) is 0.474. The molecule has 1 N–H and O–H groups in total. The Bertz CT molecular complexity index is 758. The lowest BCUT2D eigenvalue weighted by Gasteiger charge is -2.06. The number of nitrogens with one attached hydrogen (secondary N) is 1. The number of thiophene rings is 1. The van der Waals surface area contributed by atoms with E-state index in [1.807, 2.05) is 0 Å². The minimum absolute atomic E-state index is 0.118. The van der Waals surface area contributed by atoms with E-state index in [2.05, 4.69) is 26.0 Å². The molecule has 2 aromatic rings. The zero-order chi connectivity index (χ0) is 17.0. The lowest BCUT2D eigenvalue weighted by atomic mass is 10.3. The third-order valence-electron chi connectivity index (χ3n) is 2.57. The van der Waals surface area contributed by atoms with E-state index in [0.717, 1.165) is 11.3 Å². The number of methoxy groups -OCH3 is 1. The molecule has 23 heavy (non-hydrogen) atoms. The predicted octanol–water partition coefficient (Wildman–Crippen LogP) is 3.82. The minimum atomic E-state index is -0.839. The molecule has 0 bridgehead atoms. The van der Waals surface area contributed by atoms with Crippen LogP contribution in [0.4, 0.5) is 16.2 Å². The number of esters is 1. The molecule has 0 aliphatic heterocycles. The van der Waals surface area contributed by atoms with Crippen LogP contribution in [0.1, 0.15) is 9.67 Å². The van der Waals surface area contributed by atoms with Crippen LogP contribution >= 0.6 is 27.3 Å². The van der Waals surface area contributed by atoms with Gasteiger partial charge in [0.1, 0.15) is 10.6 Å². The van der Waals surface area contributed by atoms with Gasteiger partial charge in [0.25, 0.3) is 5.69 Å². The van der Waals surface area contributed by atoms with E-state index in [1.165, 1.54) is 37.4 Å². The summed E-state index contributed by atoms with van der Waals surface area (Å²) in [7, 11) is 1.23. The Morgan fingerprint density at radius 2 is 1.96 bits per heavy atom. The lowest BCUT2D eigenvalue weighted by molar-refractivity contribution is -0.384. The van der Waals surface area contributed by atoms with E-state index in [9.17, 15) is 19.7 Å². The summed E-state index contributed by atoms with van der Waals surface area (Å²) in [5.74, 6) is -0.464. The molecule has 10 heteroatoms. The smallest absolute Gasteiger partial charge is 0.417 e. The SMILES string of the molecule is COC(=O)c1sc(Br)cc1NC(=O)Oc1ccc([N+](=O)[O-])cc1. The Morgan fingerprint density at radius 1 is 1.30 bits per heavy atom. The van der Waals surface area contributed by atoms with E-state index in [-0.39, 0.29) is 22.0 Å². The second kappa shape index (κ2) is 7.20.